The molecule has 2 aromatic heterocycles. The molecule has 0 bridgehead atoms. The minimum atomic E-state index is -0.128. The maximum atomic E-state index is 12.7. The van der Waals surface area contributed by atoms with Crippen molar-refractivity contribution >= 4 is 17.5 Å². The maximum Gasteiger partial charge on any atom is 0.269 e. The summed E-state index contributed by atoms with van der Waals surface area (Å²) in [7, 11) is 1.77. The van der Waals surface area contributed by atoms with Gasteiger partial charge in [0, 0.05) is 31.5 Å². The van der Waals surface area contributed by atoms with Gasteiger partial charge in [-0.1, -0.05) is 6.07 Å². The molecule has 8 nitrogen and oxygen atoms in total. The van der Waals surface area contributed by atoms with Gasteiger partial charge in [0.15, 0.2) is 0 Å². The number of aryl methyl sites for hydroxylation is 3. The molecule has 1 aliphatic rings. The molecule has 3 heterocycles. The molecule has 8 heteroatoms. The van der Waals surface area contributed by atoms with Crippen molar-refractivity contribution in [3.63, 3.8) is 0 Å². The van der Waals surface area contributed by atoms with Gasteiger partial charge in [-0.05, 0) is 75.7 Å². The fourth-order valence-corrected chi connectivity index (χ4v) is 3.84. The van der Waals surface area contributed by atoms with Gasteiger partial charge >= 0.3 is 0 Å². The number of likely N-dealkylation sites (tertiary alicyclic amines) is 1. The molecular weight excluding hydrogens is 390 g/mol. The number of amides is 1. The van der Waals surface area contributed by atoms with E-state index in [1.54, 1.807) is 30.1 Å². The van der Waals surface area contributed by atoms with Crippen molar-refractivity contribution in [1.82, 2.24) is 30.0 Å². The highest BCUT2D eigenvalue weighted by Crippen LogP contribution is 2.21. The van der Waals surface area contributed by atoms with Crippen LogP contribution in [0.2, 0.25) is 0 Å². The number of hydrogen-bond donors (Lipinski definition) is 2. The fourth-order valence-electron chi connectivity index (χ4n) is 3.84. The summed E-state index contributed by atoms with van der Waals surface area (Å²) in [5.74, 6) is 0.360. The molecule has 1 saturated heterocycles. The molecule has 0 aliphatic carbocycles. The molecule has 0 radical (unpaired) electrons. The third-order valence-corrected chi connectivity index (χ3v) is 5.37. The molecule has 31 heavy (non-hydrogen) atoms. The van der Waals surface area contributed by atoms with E-state index in [1.165, 1.54) is 17.5 Å². The average molecular weight is 420 g/mol. The fraction of sp³-hybridized carbons (Fsp3) is 0.391. The summed E-state index contributed by atoms with van der Waals surface area (Å²) in [4.78, 5) is 24.0. The van der Waals surface area contributed by atoms with E-state index < -0.39 is 0 Å². The van der Waals surface area contributed by atoms with E-state index in [-0.39, 0.29) is 11.9 Å². The topological polar surface area (TPSA) is 88.0 Å². The van der Waals surface area contributed by atoms with Crippen LogP contribution in [-0.4, -0.2) is 56.2 Å². The van der Waals surface area contributed by atoms with Crippen LogP contribution in [-0.2, 0) is 7.05 Å². The van der Waals surface area contributed by atoms with E-state index in [4.69, 9.17) is 0 Å². The van der Waals surface area contributed by atoms with E-state index in [0.717, 1.165) is 25.3 Å². The van der Waals surface area contributed by atoms with Crippen molar-refractivity contribution in [1.29, 1.82) is 0 Å². The first-order valence-corrected chi connectivity index (χ1v) is 10.6. The third kappa shape index (κ3) is 5.08. The van der Waals surface area contributed by atoms with Crippen LogP contribution < -0.4 is 10.6 Å². The van der Waals surface area contributed by atoms with Crippen molar-refractivity contribution in [2.24, 2.45) is 7.05 Å². The Morgan fingerprint density at radius 1 is 1.13 bits per heavy atom. The first-order chi connectivity index (χ1) is 14.9. The number of rotatable bonds is 7. The lowest BCUT2D eigenvalue weighted by Crippen LogP contribution is -2.47. The standard InChI is InChI=1S/C23H29N7O/c1-15-10-16(2)12-18(11-15)26-23-24-7-6-19(27-23)20-13-21(29(4)28-20)22(31)25-17(3)14-30-8-5-9-30/h6-7,10-13,17H,5,8-9,14H2,1-4H3,(H,25,31)(H,24,26,27). The normalized spacial score (nSPS) is 14.7. The molecule has 1 amide bonds. The van der Waals surface area contributed by atoms with Crippen molar-refractivity contribution in [2.45, 2.75) is 33.2 Å². The van der Waals surface area contributed by atoms with Gasteiger partial charge in [-0.2, -0.15) is 5.10 Å². The lowest BCUT2D eigenvalue weighted by Gasteiger charge is -2.33. The molecule has 0 spiro atoms. The molecule has 162 valence electrons. The number of benzene rings is 1. The molecule has 0 saturated carbocycles. The minimum absolute atomic E-state index is 0.0822. The Balaban J connectivity index is 1.48. The number of nitrogens with zero attached hydrogens (tertiary/aromatic N) is 5. The Bertz CT molecular complexity index is 1070. The van der Waals surface area contributed by atoms with Gasteiger partial charge in [-0.15, -0.1) is 0 Å². The zero-order valence-corrected chi connectivity index (χ0v) is 18.5. The van der Waals surface area contributed by atoms with Crippen LogP contribution in [0.1, 0.15) is 35.0 Å². The molecule has 1 unspecified atom stereocenters. The van der Waals surface area contributed by atoms with Gasteiger partial charge in [0.1, 0.15) is 11.4 Å². The smallest absolute Gasteiger partial charge is 0.269 e. The zero-order valence-electron chi connectivity index (χ0n) is 18.5. The first kappa shape index (κ1) is 21.0. The number of carbonyl (C=O) groups is 1. The molecule has 1 atom stereocenters. The van der Waals surface area contributed by atoms with Crippen LogP contribution >= 0.6 is 0 Å². The Labute approximate surface area is 182 Å². The van der Waals surface area contributed by atoms with Gasteiger partial charge in [0.2, 0.25) is 5.95 Å². The summed E-state index contributed by atoms with van der Waals surface area (Å²) in [6, 6.07) is 9.87. The minimum Gasteiger partial charge on any atom is -0.347 e. The van der Waals surface area contributed by atoms with Crippen LogP contribution in [0, 0.1) is 13.8 Å². The van der Waals surface area contributed by atoms with Crippen LogP contribution in [0.4, 0.5) is 11.6 Å². The maximum absolute atomic E-state index is 12.7. The summed E-state index contributed by atoms with van der Waals surface area (Å²) in [6.45, 7) is 9.24. The van der Waals surface area contributed by atoms with E-state index in [1.807, 2.05) is 19.1 Å². The highest BCUT2D eigenvalue weighted by Gasteiger charge is 2.20. The number of carbonyl (C=O) groups excluding carboxylic acids is 1. The highest BCUT2D eigenvalue weighted by molar-refractivity contribution is 5.93. The lowest BCUT2D eigenvalue weighted by molar-refractivity contribution is 0.0905. The highest BCUT2D eigenvalue weighted by atomic mass is 16.2. The van der Waals surface area contributed by atoms with Gasteiger partial charge in [0.05, 0.1) is 5.69 Å². The summed E-state index contributed by atoms with van der Waals surface area (Å²) in [6.07, 6.45) is 2.93. The van der Waals surface area contributed by atoms with Crippen molar-refractivity contribution in [3.8, 4) is 11.4 Å². The Morgan fingerprint density at radius 2 is 1.87 bits per heavy atom. The monoisotopic (exact) mass is 419 g/mol. The molecule has 3 aromatic rings. The van der Waals surface area contributed by atoms with Crippen LogP contribution in [0.3, 0.4) is 0 Å². The molecule has 1 fully saturated rings. The quantitative estimate of drug-likeness (QED) is 0.612. The van der Waals surface area contributed by atoms with Gasteiger partial charge in [0.25, 0.3) is 5.91 Å². The molecule has 2 N–H and O–H groups in total. The summed E-state index contributed by atoms with van der Waals surface area (Å²) < 4.78 is 1.60. The Morgan fingerprint density at radius 3 is 2.55 bits per heavy atom. The Kier molecular flexibility index (Phi) is 5.99. The second kappa shape index (κ2) is 8.85. The molecule has 4 rings (SSSR count). The van der Waals surface area contributed by atoms with Crippen LogP contribution in [0.15, 0.2) is 36.5 Å². The van der Waals surface area contributed by atoms with Crippen molar-refractivity contribution in [3.05, 3.63) is 53.3 Å². The number of hydrogen-bond acceptors (Lipinski definition) is 6. The van der Waals surface area contributed by atoms with Crippen molar-refractivity contribution in [2.75, 3.05) is 25.0 Å². The predicted molar refractivity (Wildman–Crippen MR) is 121 cm³/mol. The van der Waals surface area contributed by atoms with Crippen molar-refractivity contribution < 1.29 is 4.79 Å². The van der Waals surface area contributed by atoms with E-state index in [2.05, 4.69) is 50.5 Å². The number of anilines is 2. The van der Waals surface area contributed by atoms with E-state index >= 15 is 0 Å². The van der Waals surface area contributed by atoms with Gasteiger partial charge < -0.3 is 15.5 Å². The number of aromatic nitrogens is 4. The number of nitrogens with one attached hydrogen (secondary N) is 2. The van der Waals surface area contributed by atoms with E-state index in [9.17, 15) is 4.79 Å². The zero-order chi connectivity index (χ0) is 22.0. The SMILES string of the molecule is Cc1cc(C)cc(Nc2nccc(-c3cc(C(=O)NC(C)CN4CCC4)n(C)n3)n2)c1. The Hall–Kier alpha value is -3.26. The van der Waals surface area contributed by atoms with Crippen LogP contribution in [0.25, 0.3) is 11.4 Å². The summed E-state index contributed by atoms with van der Waals surface area (Å²) >= 11 is 0. The third-order valence-electron chi connectivity index (χ3n) is 5.37. The molecule has 1 aliphatic heterocycles. The first-order valence-electron chi connectivity index (χ1n) is 10.6. The average Bonchev–Trinajstić information content (AvgIpc) is 3.06. The summed E-state index contributed by atoms with van der Waals surface area (Å²) in [5.41, 5.74) is 5.07. The second-order valence-electron chi connectivity index (χ2n) is 8.33. The molecular formula is C23H29N7O. The van der Waals surface area contributed by atoms with Gasteiger partial charge in [-0.25, -0.2) is 9.97 Å². The lowest BCUT2D eigenvalue weighted by atomic mass is 10.1. The summed E-state index contributed by atoms with van der Waals surface area (Å²) in [5, 5.41) is 10.8. The molecule has 1 aromatic carbocycles. The van der Waals surface area contributed by atoms with Gasteiger partial charge in [-0.3, -0.25) is 9.48 Å². The largest absolute Gasteiger partial charge is 0.347 e. The van der Waals surface area contributed by atoms with E-state index in [0.29, 0.717) is 23.0 Å². The predicted octanol–water partition coefficient (Wildman–Crippen LogP) is 3.06. The second-order valence-corrected chi connectivity index (χ2v) is 8.33. The van der Waals surface area contributed by atoms with Crippen LogP contribution in [0.5, 0.6) is 0 Å².